The number of nitrogen functional groups attached to an aromatic ring is 1. The van der Waals surface area contributed by atoms with E-state index in [0.29, 0.717) is 27.9 Å². The van der Waals surface area contributed by atoms with Gasteiger partial charge in [-0.3, -0.25) is 0 Å². The summed E-state index contributed by atoms with van der Waals surface area (Å²) in [7, 11) is 0. The second kappa shape index (κ2) is 5.37. The van der Waals surface area contributed by atoms with Crippen LogP contribution in [0.3, 0.4) is 0 Å². The fourth-order valence-electron chi connectivity index (χ4n) is 2.05. The van der Waals surface area contributed by atoms with Crippen LogP contribution in [0.2, 0.25) is 0 Å². The van der Waals surface area contributed by atoms with Crippen LogP contribution in [-0.2, 0) is 0 Å². The number of halogens is 3. The first-order valence-electron chi connectivity index (χ1n) is 5.97. The number of hydrogen-bond donors (Lipinski definition) is 1. The summed E-state index contributed by atoms with van der Waals surface area (Å²) in [5.41, 5.74) is 8.11. The van der Waals surface area contributed by atoms with Gasteiger partial charge in [-0.1, -0.05) is 18.2 Å². The Labute approximate surface area is 119 Å². The van der Waals surface area contributed by atoms with Crippen LogP contribution in [0, 0.1) is 18.3 Å². The average Bonchev–Trinajstić information content (AvgIpc) is 2.37. The van der Waals surface area contributed by atoms with Crippen molar-refractivity contribution >= 4 is 5.69 Å². The van der Waals surface area contributed by atoms with Gasteiger partial charge in [-0.2, -0.15) is 5.26 Å². The summed E-state index contributed by atoms with van der Waals surface area (Å²) in [5.74, 6) is -0.310. The molecule has 2 rings (SSSR count). The summed E-state index contributed by atoms with van der Waals surface area (Å²) in [6, 6.07) is 10.8. The van der Waals surface area contributed by atoms with Gasteiger partial charge in [-0.15, -0.1) is 13.2 Å². The highest BCUT2D eigenvalue weighted by Gasteiger charge is 2.31. The van der Waals surface area contributed by atoms with E-state index >= 15 is 0 Å². The first kappa shape index (κ1) is 14.7. The van der Waals surface area contributed by atoms with E-state index in [1.807, 2.05) is 6.07 Å². The molecule has 2 aromatic rings. The lowest BCUT2D eigenvalue weighted by molar-refractivity contribution is -0.274. The van der Waals surface area contributed by atoms with Crippen LogP contribution < -0.4 is 10.5 Å². The van der Waals surface area contributed by atoms with Gasteiger partial charge in [0.05, 0.1) is 5.56 Å². The minimum absolute atomic E-state index is 0.310. The summed E-state index contributed by atoms with van der Waals surface area (Å²) < 4.78 is 40.6. The Kier molecular flexibility index (Phi) is 3.76. The zero-order chi connectivity index (χ0) is 15.6. The maximum atomic E-state index is 12.2. The molecule has 0 saturated heterocycles. The Bertz CT molecular complexity index is 718. The summed E-state index contributed by atoms with van der Waals surface area (Å²) in [6.07, 6.45) is -4.74. The lowest BCUT2D eigenvalue weighted by Gasteiger charge is -2.12. The van der Waals surface area contributed by atoms with Crippen LogP contribution in [0.1, 0.15) is 11.1 Å². The summed E-state index contributed by atoms with van der Waals surface area (Å²) in [6.45, 7) is 1.70. The van der Waals surface area contributed by atoms with Gasteiger partial charge >= 0.3 is 6.36 Å². The molecular formula is C15H11F3N2O. The molecule has 2 aromatic carbocycles. The van der Waals surface area contributed by atoms with E-state index in [1.54, 1.807) is 25.1 Å². The topological polar surface area (TPSA) is 59.0 Å². The molecule has 0 aliphatic heterocycles. The lowest BCUT2D eigenvalue weighted by atomic mass is 9.95. The van der Waals surface area contributed by atoms with Gasteiger partial charge in [0.15, 0.2) is 0 Å². The molecule has 0 saturated carbocycles. The largest absolute Gasteiger partial charge is 0.573 e. The third kappa shape index (κ3) is 3.26. The standard InChI is InChI=1S/C15H11F3N2O/c1-9-12(5-6-14(20)13(9)8-19)10-3-2-4-11(7-10)21-15(16,17)18/h2-7H,20H2,1H3. The number of nitrogens with zero attached hydrogens (tertiary/aromatic N) is 1. The Hall–Kier alpha value is -2.68. The number of anilines is 1. The predicted molar refractivity (Wildman–Crippen MR) is 72.4 cm³/mol. The van der Waals surface area contributed by atoms with E-state index in [0.717, 1.165) is 0 Å². The molecule has 0 aromatic heterocycles. The van der Waals surface area contributed by atoms with Gasteiger partial charge in [0, 0.05) is 5.69 Å². The van der Waals surface area contributed by atoms with E-state index in [2.05, 4.69) is 4.74 Å². The minimum Gasteiger partial charge on any atom is -0.406 e. The van der Waals surface area contributed by atoms with E-state index in [1.165, 1.54) is 18.2 Å². The van der Waals surface area contributed by atoms with Gasteiger partial charge in [-0.05, 0) is 41.8 Å². The normalized spacial score (nSPS) is 11.0. The highest BCUT2D eigenvalue weighted by molar-refractivity contribution is 5.75. The van der Waals surface area contributed by atoms with E-state index < -0.39 is 6.36 Å². The van der Waals surface area contributed by atoms with Gasteiger partial charge in [-0.25, -0.2) is 0 Å². The fraction of sp³-hybridized carbons (Fsp3) is 0.133. The highest BCUT2D eigenvalue weighted by atomic mass is 19.4. The number of nitriles is 1. The second-order valence-corrected chi connectivity index (χ2v) is 4.39. The third-order valence-electron chi connectivity index (χ3n) is 2.99. The summed E-state index contributed by atoms with van der Waals surface area (Å²) in [5, 5.41) is 9.07. The molecule has 3 nitrogen and oxygen atoms in total. The molecule has 6 heteroatoms. The van der Waals surface area contributed by atoms with Gasteiger partial charge < -0.3 is 10.5 Å². The lowest BCUT2D eigenvalue weighted by Crippen LogP contribution is -2.17. The van der Waals surface area contributed by atoms with Crippen LogP contribution in [0.4, 0.5) is 18.9 Å². The van der Waals surface area contributed by atoms with Crippen molar-refractivity contribution in [3.63, 3.8) is 0 Å². The Morgan fingerprint density at radius 1 is 1.19 bits per heavy atom. The third-order valence-corrected chi connectivity index (χ3v) is 2.99. The first-order chi connectivity index (χ1) is 9.81. The second-order valence-electron chi connectivity index (χ2n) is 4.39. The molecule has 0 aliphatic carbocycles. The maximum absolute atomic E-state index is 12.2. The molecule has 0 aliphatic rings. The molecule has 0 atom stereocenters. The minimum atomic E-state index is -4.74. The molecule has 0 spiro atoms. The average molecular weight is 292 g/mol. The number of ether oxygens (including phenoxy) is 1. The van der Waals surface area contributed by atoms with Crippen LogP contribution in [0.5, 0.6) is 5.75 Å². The number of nitrogens with two attached hydrogens (primary N) is 1. The van der Waals surface area contributed by atoms with Gasteiger partial charge in [0.1, 0.15) is 11.8 Å². The van der Waals surface area contributed by atoms with Gasteiger partial charge in [0.25, 0.3) is 0 Å². The van der Waals surface area contributed by atoms with Crippen molar-refractivity contribution in [1.29, 1.82) is 5.26 Å². The smallest absolute Gasteiger partial charge is 0.406 e. The van der Waals surface area contributed by atoms with Crippen molar-refractivity contribution in [3.8, 4) is 22.9 Å². The van der Waals surface area contributed by atoms with Crippen LogP contribution in [0.25, 0.3) is 11.1 Å². The predicted octanol–water partition coefficient (Wildman–Crippen LogP) is 4.01. The summed E-state index contributed by atoms with van der Waals surface area (Å²) in [4.78, 5) is 0. The number of alkyl halides is 3. The van der Waals surface area contributed by atoms with Crippen LogP contribution >= 0.6 is 0 Å². The Morgan fingerprint density at radius 3 is 2.52 bits per heavy atom. The molecule has 21 heavy (non-hydrogen) atoms. The van der Waals surface area contributed by atoms with Crippen molar-refractivity contribution in [2.75, 3.05) is 5.73 Å². The zero-order valence-corrected chi connectivity index (χ0v) is 11.0. The molecule has 108 valence electrons. The molecule has 0 heterocycles. The first-order valence-corrected chi connectivity index (χ1v) is 5.97. The highest BCUT2D eigenvalue weighted by Crippen LogP contribution is 2.32. The van der Waals surface area contributed by atoms with E-state index in [4.69, 9.17) is 11.0 Å². The van der Waals surface area contributed by atoms with E-state index in [9.17, 15) is 13.2 Å². The number of hydrogen-bond acceptors (Lipinski definition) is 3. The number of benzene rings is 2. The molecule has 0 radical (unpaired) electrons. The molecule has 0 bridgehead atoms. The fourth-order valence-corrected chi connectivity index (χ4v) is 2.05. The maximum Gasteiger partial charge on any atom is 0.573 e. The van der Waals surface area contributed by atoms with Crippen molar-refractivity contribution < 1.29 is 17.9 Å². The Balaban J connectivity index is 2.49. The van der Waals surface area contributed by atoms with Crippen molar-refractivity contribution in [2.24, 2.45) is 0 Å². The molecular weight excluding hydrogens is 281 g/mol. The quantitative estimate of drug-likeness (QED) is 0.851. The monoisotopic (exact) mass is 292 g/mol. The molecule has 0 fully saturated rings. The van der Waals surface area contributed by atoms with Crippen molar-refractivity contribution in [2.45, 2.75) is 13.3 Å². The molecule has 0 unspecified atom stereocenters. The van der Waals surface area contributed by atoms with Crippen LogP contribution in [-0.4, -0.2) is 6.36 Å². The SMILES string of the molecule is Cc1c(-c2cccc(OC(F)(F)F)c2)ccc(N)c1C#N. The van der Waals surface area contributed by atoms with E-state index in [-0.39, 0.29) is 5.75 Å². The zero-order valence-electron chi connectivity index (χ0n) is 11.0. The number of rotatable bonds is 2. The van der Waals surface area contributed by atoms with Crippen molar-refractivity contribution in [1.82, 2.24) is 0 Å². The summed E-state index contributed by atoms with van der Waals surface area (Å²) >= 11 is 0. The molecule has 2 N–H and O–H groups in total. The van der Waals surface area contributed by atoms with Gasteiger partial charge in [0.2, 0.25) is 0 Å². The Morgan fingerprint density at radius 2 is 1.90 bits per heavy atom. The van der Waals surface area contributed by atoms with Crippen LogP contribution in [0.15, 0.2) is 36.4 Å². The van der Waals surface area contributed by atoms with Crippen molar-refractivity contribution in [3.05, 3.63) is 47.5 Å². The molecule has 0 amide bonds.